The molecule has 1 saturated heterocycles. The summed E-state index contributed by atoms with van der Waals surface area (Å²) in [5.41, 5.74) is 12.1. The smallest absolute Gasteiger partial charge is 0.387 e. The largest absolute Gasteiger partial charge is 0.469 e. The summed E-state index contributed by atoms with van der Waals surface area (Å²) < 4.78 is 21.9. The van der Waals surface area contributed by atoms with E-state index in [2.05, 4.69) is 14.6 Å². The molecule has 132 valence electrons. The Balaban J connectivity index is 1.89. The van der Waals surface area contributed by atoms with Crippen molar-refractivity contribution in [3.63, 3.8) is 0 Å². The molecule has 0 amide bonds. The zero-order valence-electron chi connectivity index (χ0n) is 12.1. The second kappa shape index (κ2) is 5.93. The molecular weight excluding hydrogens is 345 g/mol. The summed E-state index contributed by atoms with van der Waals surface area (Å²) in [6, 6.07) is 3.15. The van der Waals surface area contributed by atoms with Gasteiger partial charge in [0.25, 0.3) is 0 Å². The summed E-state index contributed by atoms with van der Waals surface area (Å²) in [5, 5.41) is 24.2. The van der Waals surface area contributed by atoms with Gasteiger partial charge in [-0.2, -0.15) is 4.98 Å². The maximum atomic E-state index is 10.8. The Labute approximate surface area is 134 Å². The molecule has 0 spiro atoms. The van der Waals surface area contributed by atoms with Gasteiger partial charge in [0.1, 0.15) is 29.9 Å². The molecule has 1 aliphatic rings. The molecule has 2 unspecified atom stereocenters. The van der Waals surface area contributed by atoms with Crippen LogP contribution >= 0.6 is 7.82 Å². The Morgan fingerprint density at radius 2 is 2.00 bits per heavy atom. The van der Waals surface area contributed by atoms with E-state index in [1.54, 1.807) is 12.1 Å². The summed E-state index contributed by atoms with van der Waals surface area (Å²) in [7, 11) is -4.73. The van der Waals surface area contributed by atoms with Crippen LogP contribution in [0.15, 0.2) is 12.1 Å². The SMILES string of the molecule is Nc1nc(N)c2ccc(C3OC(COP(=O)(O)O)[C@@H](O)[C@H]3O)n2n1. The zero-order valence-corrected chi connectivity index (χ0v) is 13.0. The van der Waals surface area contributed by atoms with Gasteiger partial charge in [-0.25, -0.2) is 9.08 Å². The van der Waals surface area contributed by atoms with Crippen LogP contribution in [-0.4, -0.2) is 59.5 Å². The molecule has 13 heteroatoms. The van der Waals surface area contributed by atoms with Gasteiger partial charge in [0.2, 0.25) is 5.95 Å². The van der Waals surface area contributed by atoms with Crippen LogP contribution in [0, 0.1) is 0 Å². The first-order valence-electron chi connectivity index (χ1n) is 6.79. The number of fused-ring (bicyclic) bond motifs is 1. The van der Waals surface area contributed by atoms with E-state index < -0.39 is 38.8 Å². The number of anilines is 2. The molecule has 1 fully saturated rings. The highest BCUT2D eigenvalue weighted by Crippen LogP contribution is 2.39. The predicted molar refractivity (Wildman–Crippen MR) is 79.4 cm³/mol. The number of rotatable bonds is 4. The van der Waals surface area contributed by atoms with E-state index in [0.717, 1.165) is 0 Å². The summed E-state index contributed by atoms with van der Waals surface area (Å²) >= 11 is 0. The third-order valence-corrected chi connectivity index (χ3v) is 4.13. The summed E-state index contributed by atoms with van der Waals surface area (Å²) in [5.74, 6) is 0.0371. The van der Waals surface area contributed by atoms with Crippen molar-refractivity contribution in [3.8, 4) is 0 Å². The number of ether oxygens (including phenoxy) is 1. The van der Waals surface area contributed by atoms with Crippen molar-refractivity contribution in [3.05, 3.63) is 17.8 Å². The third-order valence-electron chi connectivity index (χ3n) is 3.65. The van der Waals surface area contributed by atoms with Gasteiger partial charge in [0.05, 0.1) is 12.3 Å². The fourth-order valence-electron chi connectivity index (χ4n) is 2.57. The van der Waals surface area contributed by atoms with E-state index in [4.69, 9.17) is 26.0 Å². The molecule has 0 aromatic carbocycles. The fraction of sp³-hybridized carbons (Fsp3) is 0.455. The highest BCUT2D eigenvalue weighted by molar-refractivity contribution is 7.46. The van der Waals surface area contributed by atoms with Crippen molar-refractivity contribution in [2.45, 2.75) is 24.4 Å². The zero-order chi connectivity index (χ0) is 17.6. The van der Waals surface area contributed by atoms with Crippen LogP contribution in [0.25, 0.3) is 5.52 Å². The van der Waals surface area contributed by atoms with Gasteiger partial charge in [-0.1, -0.05) is 0 Å². The van der Waals surface area contributed by atoms with Crippen molar-refractivity contribution < 1.29 is 33.8 Å². The molecular formula is C11H16N5O7P. The average Bonchev–Trinajstić information content (AvgIpc) is 3.00. The number of nitrogens with two attached hydrogens (primary N) is 2. The van der Waals surface area contributed by atoms with Gasteiger partial charge in [0.15, 0.2) is 5.82 Å². The monoisotopic (exact) mass is 361 g/mol. The third kappa shape index (κ3) is 3.08. The normalized spacial score (nSPS) is 27.8. The Hall–Kier alpha value is -1.79. The number of aliphatic hydroxyl groups is 2. The number of nitrogen functional groups attached to an aromatic ring is 2. The Kier molecular flexibility index (Phi) is 4.21. The molecule has 12 nitrogen and oxygen atoms in total. The molecule has 1 aliphatic heterocycles. The van der Waals surface area contributed by atoms with Gasteiger partial charge in [-0.05, 0) is 12.1 Å². The fourth-order valence-corrected chi connectivity index (χ4v) is 2.91. The molecule has 0 aliphatic carbocycles. The first kappa shape index (κ1) is 17.0. The molecule has 2 aromatic heterocycles. The first-order chi connectivity index (χ1) is 11.2. The topological polar surface area (TPSA) is 199 Å². The molecule has 4 atom stereocenters. The minimum absolute atomic E-state index is 0.0909. The minimum atomic E-state index is -4.73. The summed E-state index contributed by atoms with van der Waals surface area (Å²) in [6.45, 7) is -0.596. The number of phosphoric acid groups is 1. The van der Waals surface area contributed by atoms with E-state index in [-0.39, 0.29) is 11.8 Å². The summed E-state index contributed by atoms with van der Waals surface area (Å²) in [4.78, 5) is 21.3. The van der Waals surface area contributed by atoms with Gasteiger partial charge in [-0.3, -0.25) is 4.52 Å². The minimum Gasteiger partial charge on any atom is -0.387 e. The van der Waals surface area contributed by atoms with Gasteiger partial charge in [0, 0.05) is 0 Å². The predicted octanol–water partition coefficient (Wildman–Crippen LogP) is -1.84. The van der Waals surface area contributed by atoms with Crippen LogP contribution < -0.4 is 11.5 Å². The molecule has 0 saturated carbocycles. The van der Waals surface area contributed by atoms with Crippen LogP contribution in [0.2, 0.25) is 0 Å². The number of aromatic nitrogens is 3. The second-order valence-corrected chi connectivity index (χ2v) is 6.51. The number of aliphatic hydroxyl groups excluding tert-OH is 2. The maximum Gasteiger partial charge on any atom is 0.469 e. The van der Waals surface area contributed by atoms with E-state index in [9.17, 15) is 14.8 Å². The Bertz CT molecular complexity index is 807. The first-order valence-corrected chi connectivity index (χ1v) is 8.32. The van der Waals surface area contributed by atoms with Gasteiger partial charge < -0.3 is 36.2 Å². The molecule has 3 rings (SSSR count). The van der Waals surface area contributed by atoms with Crippen molar-refractivity contribution in [1.82, 2.24) is 14.6 Å². The Morgan fingerprint density at radius 3 is 2.67 bits per heavy atom. The lowest BCUT2D eigenvalue weighted by Gasteiger charge is -2.15. The lowest BCUT2D eigenvalue weighted by molar-refractivity contribution is -0.0239. The van der Waals surface area contributed by atoms with Crippen LogP contribution in [0.3, 0.4) is 0 Å². The van der Waals surface area contributed by atoms with Crippen molar-refractivity contribution in [2.24, 2.45) is 0 Å². The van der Waals surface area contributed by atoms with E-state index in [1.807, 2.05) is 0 Å². The van der Waals surface area contributed by atoms with Gasteiger partial charge in [-0.15, -0.1) is 5.10 Å². The quantitative estimate of drug-likeness (QED) is 0.334. The summed E-state index contributed by atoms with van der Waals surface area (Å²) in [6.07, 6.45) is -4.95. The molecule has 24 heavy (non-hydrogen) atoms. The number of hydrogen-bond acceptors (Lipinski definition) is 9. The highest BCUT2D eigenvalue weighted by atomic mass is 31.2. The number of nitrogens with zero attached hydrogens (tertiary/aromatic N) is 3. The van der Waals surface area contributed by atoms with Crippen molar-refractivity contribution in [1.29, 1.82) is 0 Å². The number of phosphoric ester groups is 1. The molecule has 2 aromatic rings. The molecule has 0 bridgehead atoms. The van der Waals surface area contributed by atoms with E-state index in [1.165, 1.54) is 4.52 Å². The van der Waals surface area contributed by atoms with Crippen molar-refractivity contribution >= 4 is 25.1 Å². The second-order valence-electron chi connectivity index (χ2n) is 5.27. The highest BCUT2D eigenvalue weighted by Gasteiger charge is 2.45. The van der Waals surface area contributed by atoms with Gasteiger partial charge >= 0.3 is 7.82 Å². The van der Waals surface area contributed by atoms with Crippen LogP contribution in [0.1, 0.15) is 11.8 Å². The number of hydrogen-bond donors (Lipinski definition) is 6. The molecule has 3 heterocycles. The van der Waals surface area contributed by atoms with Crippen molar-refractivity contribution in [2.75, 3.05) is 18.1 Å². The van der Waals surface area contributed by atoms with E-state index in [0.29, 0.717) is 11.2 Å². The molecule has 0 radical (unpaired) electrons. The maximum absolute atomic E-state index is 10.8. The van der Waals surface area contributed by atoms with Crippen LogP contribution in [-0.2, 0) is 13.8 Å². The standard InChI is InChI=1S/C11H16N5O7P/c12-10-5-2-1-4(16(5)15-11(13)14-10)9-8(18)7(17)6(23-9)3-22-24(19,20)21/h1-2,6-9,17-18H,3H2,(H2,19,20,21)(H4,12,13,14,15)/t6?,7-,8-,9?/m1/s1. The molecule has 8 N–H and O–H groups in total. The average molecular weight is 361 g/mol. The lowest BCUT2D eigenvalue weighted by Crippen LogP contribution is -2.33. The lowest BCUT2D eigenvalue weighted by atomic mass is 10.1. The van der Waals surface area contributed by atoms with E-state index >= 15 is 0 Å². The Morgan fingerprint density at radius 1 is 1.29 bits per heavy atom. The van der Waals surface area contributed by atoms with Crippen LogP contribution in [0.5, 0.6) is 0 Å². The van der Waals surface area contributed by atoms with Crippen LogP contribution in [0.4, 0.5) is 11.8 Å².